The van der Waals surface area contributed by atoms with Crippen molar-refractivity contribution >= 4 is 11.9 Å². The van der Waals surface area contributed by atoms with Crippen LogP contribution >= 0.6 is 0 Å². The van der Waals surface area contributed by atoms with Crippen molar-refractivity contribution in [3.8, 4) is 5.75 Å². The zero-order chi connectivity index (χ0) is 18.5. The summed E-state index contributed by atoms with van der Waals surface area (Å²) in [4.78, 5) is 25.6. The average Bonchev–Trinajstić information content (AvgIpc) is 3.00. The number of hydrogen-bond acceptors (Lipinski definition) is 4. The van der Waals surface area contributed by atoms with Crippen molar-refractivity contribution in [1.82, 2.24) is 4.90 Å². The van der Waals surface area contributed by atoms with Gasteiger partial charge in [-0.2, -0.15) is 0 Å². The smallest absolute Gasteiger partial charge is 0.311 e. The first kappa shape index (κ1) is 18.0. The number of aliphatic carboxylic acids is 1. The summed E-state index contributed by atoms with van der Waals surface area (Å²) in [6.45, 7) is 3.68. The number of furan rings is 1. The van der Waals surface area contributed by atoms with E-state index in [0.29, 0.717) is 36.7 Å². The van der Waals surface area contributed by atoms with Crippen molar-refractivity contribution < 1.29 is 23.8 Å². The number of nitrogens with zero attached hydrogens (tertiary/aromatic N) is 1. The molecule has 1 aliphatic rings. The molecule has 138 valence electrons. The molecule has 0 spiro atoms. The topological polar surface area (TPSA) is 80.0 Å². The van der Waals surface area contributed by atoms with Crippen LogP contribution in [0, 0.1) is 12.8 Å². The molecule has 6 heteroatoms. The van der Waals surface area contributed by atoms with Gasteiger partial charge in [-0.1, -0.05) is 18.2 Å². The van der Waals surface area contributed by atoms with E-state index in [1.165, 1.54) is 6.26 Å². The lowest BCUT2D eigenvalue weighted by Crippen LogP contribution is -2.40. The molecule has 0 saturated carbocycles. The summed E-state index contributed by atoms with van der Waals surface area (Å²) in [5.41, 5.74) is 1.08. The van der Waals surface area contributed by atoms with E-state index in [2.05, 4.69) is 0 Å². The number of para-hydroxylation sites is 1. The monoisotopic (exact) mass is 357 g/mol. The van der Waals surface area contributed by atoms with Crippen LogP contribution in [0.15, 0.2) is 41.0 Å². The summed E-state index contributed by atoms with van der Waals surface area (Å²) >= 11 is 0. The maximum Gasteiger partial charge on any atom is 0.311 e. The third-order valence-electron chi connectivity index (χ3n) is 4.71. The minimum absolute atomic E-state index is 0.144. The van der Waals surface area contributed by atoms with Gasteiger partial charge in [0, 0.05) is 18.7 Å². The first-order chi connectivity index (χ1) is 12.5. The summed E-state index contributed by atoms with van der Waals surface area (Å²) < 4.78 is 11.1. The van der Waals surface area contributed by atoms with Crippen molar-refractivity contribution in [2.45, 2.75) is 26.2 Å². The molecule has 0 atom stereocenters. The number of aryl methyl sites for hydroxylation is 1. The Balaban J connectivity index is 1.55. The largest absolute Gasteiger partial charge is 0.493 e. The number of piperidine rings is 1. The molecule has 0 unspecified atom stereocenters. The van der Waals surface area contributed by atoms with E-state index in [1.54, 1.807) is 11.8 Å². The molecule has 1 saturated heterocycles. The number of hydrogen-bond donors (Lipinski definition) is 1. The molecule has 6 nitrogen and oxygen atoms in total. The van der Waals surface area contributed by atoms with Crippen LogP contribution in [0.3, 0.4) is 0 Å². The molecule has 3 rings (SSSR count). The molecule has 0 bridgehead atoms. The molecule has 1 aliphatic heterocycles. The molecule has 1 amide bonds. The van der Waals surface area contributed by atoms with Gasteiger partial charge >= 0.3 is 5.97 Å². The third-order valence-corrected chi connectivity index (χ3v) is 4.71. The molecule has 0 aliphatic carbocycles. The van der Waals surface area contributed by atoms with Gasteiger partial charge in [-0.3, -0.25) is 9.59 Å². The fourth-order valence-electron chi connectivity index (χ4n) is 3.24. The summed E-state index contributed by atoms with van der Waals surface area (Å²) in [6.07, 6.45) is 2.90. The first-order valence-corrected chi connectivity index (χ1v) is 8.80. The Labute approximate surface area is 152 Å². The fourth-order valence-corrected chi connectivity index (χ4v) is 3.24. The molecule has 0 radical (unpaired) electrons. The highest BCUT2D eigenvalue weighted by Gasteiger charge is 2.28. The lowest BCUT2D eigenvalue weighted by Gasteiger charge is -2.32. The molecule has 1 aromatic carbocycles. The van der Waals surface area contributed by atoms with Crippen molar-refractivity contribution in [1.29, 1.82) is 0 Å². The lowest BCUT2D eigenvalue weighted by atomic mass is 9.96. The summed E-state index contributed by atoms with van der Waals surface area (Å²) in [7, 11) is 0. The van der Waals surface area contributed by atoms with Crippen molar-refractivity contribution in [3.63, 3.8) is 0 Å². The molecule has 2 heterocycles. The molecule has 1 aromatic heterocycles. The Morgan fingerprint density at radius 2 is 1.92 bits per heavy atom. The van der Waals surface area contributed by atoms with Gasteiger partial charge in [0.1, 0.15) is 17.9 Å². The van der Waals surface area contributed by atoms with Crippen LogP contribution in [0.5, 0.6) is 5.75 Å². The number of ether oxygens (including phenoxy) is 1. The number of carbonyl (C=O) groups excluding carboxylic acids is 1. The third kappa shape index (κ3) is 4.25. The molecular formula is C20H23NO5. The fraction of sp³-hybridized carbons (Fsp3) is 0.400. The zero-order valence-electron chi connectivity index (χ0n) is 14.8. The Hall–Kier alpha value is -2.76. The predicted octanol–water partition coefficient (Wildman–Crippen LogP) is 3.15. The standard InChI is InChI=1S/C20H23NO5/c1-14-12-26-17(11-18(22)23)19(14)20(24)21-9-7-15(8-10-21)13-25-16-5-3-2-4-6-16/h2-6,12,15H,7-11,13H2,1H3,(H,22,23). The van der Waals surface area contributed by atoms with E-state index in [0.717, 1.165) is 18.6 Å². The van der Waals surface area contributed by atoms with Crippen LogP contribution in [0.1, 0.15) is 34.5 Å². The second kappa shape index (κ2) is 8.08. The minimum atomic E-state index is -1.01. The Bertz CT molecular complexity index is 760. The predicted molar refractivity (Wildman–Crippen MR) is 95.3 cm³/mol. The van der Waals surface area contributed by atoms with Gasteiger partial charge in [-0.15, -0.1) is 0 Å². The van der Waals surface area contributed by atoms with Crippen LogP contribution < -0.4 is 4.74 Å². The van der Waals surface area contributed by atoms with E-state index in [4.69, 9.17) is 14.3 Å². The molecule has 26 heavy (non-hydrogen) atoms. The van der Waals surface area contributed by atoms with Crippen LogP contribution in [0.2, 0.25) is 0 Å². The molecule has 2 aromatic rings. The number of amides is 1. The SMILES string of the molecule is Cc1coc(CC(=O)O)c1C(=O)N1CCC(COc2ccccc2)CC1. The second-order valence-electron chi connectivity index (χ2n) is 6.65. The van der Waals surface area contributed by atoms with Crippen LogP contribution in [0.4, 0.5) is 0 Å². The van der Waals surface area contributed by atoms with Crippen LogP contribution in [-0.4, -0.2) is 41.6 Å². The number of carbonyl (C=O) groups is 2. The van der Waals surface area contributed by atoms with Crippen molar-refractivity contribution in [2.24, 2.45) is 5.92 Å². The Kier molecular flexibility index (Phi) is 5.61. The van der Waals surface area contributed by atoms with Gasteiger partial charge in [-0.05, 0) is 37.8 Å². The highest BCUT2D eigenvalue weighted by Crippen LogP contribution is 2.24. The van der Waals surface area contributed by atoms with Gasteiger partial charge in [0.25, 0.3) is 5.91 Å². The molecular weight excluding hydrogens is 334 g/mol. The average molecular weight is 357 g/mol. The van der Waals surface area contributed by atoms with Crippen LogP contribution in [0.25, 0.3) is 0 Å². The maximum atomic E-state index is 12.8. The Morgan fingerprint density at radius 1 is 1.23 bits per heavy atom. The van der Waals surface area contributed by atoms with Gasteiger partial charge in [0.05, 0.1) is 18.4 Å². The minimum Gasteiger partial charge on any atom is -0.493 e. The first-order valence-electron chi connectivity index (χ1n) is 8.80. The van der Waals surface area contributed by atoms with Gasteiger partial charge in [0.15, 0.2) is 0 Å². The number of likely N-dealkylation sites (tertiary alicyclic amines) is 1. The molecule has 1 N–H and O–H groups in total. The number of rotatable bonds is 6. The normalized spacial score (nSPS) is 15.0. The van der Waals surface area contributed by atoms with Gasteiger partial charge in [0.2, 0.25) is 0 Å². The number of carboxylic acids is 1. The quantitative estimate of drug-likeness (QED) is 0.859. The lowest BCUT2D eigenvalue weighted by molar-refractivity contribution is -0.136. The van der Waals surface area contributed by atoms with E-state index < -0.39 is 5.97 Å². The summed E-state index contributed by atoms with van der Waals surface area (Å²) in [6, 6.07) is 9.71. The highest BCUT2D eigenvalue weighted by molar-refractivity contribution is 5.97. The maximum absolute atomic E-state index is 12.8. The Morgan fingerprint density at radius 3 is 2.58 bits per heavy atom. The van der Waals surface area contributed by atoms with E-state index in [1.807, 2.05) is 30.3 Å². The van der Waals surface area contributed by atoms with E-state index in [-0.39, 0.29) is 18.1 Å². The number of carboxylic acid groups (broad SMARTS) is 1. The zero-order valence-corrected chi connectivity index (χ0v) is 14.8. The van der Waals surface area contributed by atoms with E-state index in [9.17, 15) is 9.59 Å². The summed E-state index contributed by atoms with van der Waals surface area (Å²) in [5, 5.41) is 8.98. The van der Waals surface area contributed by atoms with Gasteiger partial charge in [-0.25, -0.2) is 0 Å². The highest BCUT2D eigenvalue weighted by atomic mass is 16.5. The summed E-state index contributed by atoms with van der Waals surface area (Å²) in [5.74, 6) is 0.344. The number of benzene rings is 1. The second-order valence-corrected chi connectivity index (χ2v) is 6.65. The van der Waals surface area contributed by atoms with Crippen molar-refractivity contribution in [2.75, 3.05) is 19.7 Å². The molecule has 1 fully saturated rings. The van der Waals surface area contributed by atoms with E-state index >= 15 is 0 Å². The van der Waals surface area contributed by atoms with Crippen molar-refractivity contribution in [3.05, 3.63) is 53.5 Å². The van der Waals surface area contributed by atoms with Crippen LogP contribution in [-0.2, 0) is 11.2 Å². The van der Waals surface area contributed by atoms with Gasteiger partial charge < -0.3 is 19.2 Å².